The number of ether oxygens (including phenoxy) is 3. The number of aryl methyl sites for hydroxylation is 1. The second-order valence-corrected chi connectivity index (χ2v) is 8.05. The number of rotatable bonds is 8. The third-order valence-corrected chi connectivity index (χ3v) is 6.36. The van der Waals surface area contributed by atoms with Gasteiger partial charge >= 0.3 is 0 Å². The molecule has 3 aromatic rings. The zero-order chi connectivity index (χ0) is 20.8. The van der Waals surface area contributed by atoms with Gasteiger partial charge in [0.05, 0.1) is 38.4 Å². The molecule has 8 heteroatoms. The lowest BCUT2D eigenvalue weighted by atomic mass is 10.1. The summed E-state index contributed by atoms with van der Waals surface area (Å²) in [6.45, 7) is 2.40. The lowest BCUT2D eigenvalue weighted by Crippen LogP contribution is -2.20. The maximum atomic E-state index is 12.3. The molecule has 0 aliphatic heterocycles. The van der Waals surface area contributed by atoms with Crippen LogP contribution in [0.4, 0.5) is 0 Å². The van der Waals surface area contributed by atoms with E-state index in [9.17, 15) is 4.79 Å². The van der Waals surface area contributed by atoms with Crippen molar-refractivity contribution in [2.75, 3.05) is 21.3 Å². The number of hydrogen-bond donors (Lipinski definition) is 1. The second-order valence-electron chi connectivity index (χ2n) is 6.01. The van der Waals surface area contributed by atoms with Gasteiger partial charge in [0, 0.05) is 11.0 Å². The fourth-order valence-electron chi connectivity index (χ4n) is 2.69. The minimum atomic E-state index is -0.191. The Bertz CT molecular complexity index is 985. The highest BCUT2D eigenvalue weighted by Crippen LogP contribution is 2.38. The first-order valence-corrected chi connectivity index (χ1v) is 10.5. The van der Waals surface area contributed by atoms with Crippen LogP contribution in [-0.2, 0) is 11.3 Å². The van der Waals surface area contributed by atoms with Crippen molar-refractivity contribution in [3.63, 3.8) is 0 Å². The number of nitrogens with one attached hydrogen (secondary N) is 1. The largest absolute Gasteiger partial charge is 0.493 e. The first-order valence-electron chi connectivity index (χ1n) is 8.81. The topological polar surface area (TPSA) is 69.7 Å². The molecule has 0 radical (unpaired) electrons. The Morgan fingerprint density at radius 1 is 1.17 bits per heavy atom. The van der Waals surface area contributed by atoms with E-state index in [1.54, 1.807) is 62.2 Å². The molecule has 0 spiro atoms. The molecule has 0 unspecified atom stereocenters. The van der Waals surface area contributed by atoms with Gasteiger partial charge in [-0.1, -0.05) is 6.07 Å². The van der Waals surface area contributed by atoms with E-state index in [0.29, 0.717) is 23.8 Å². The third-order valence-electron chi connectivity index (χ3n) is 4.16. The fraction of sp³-hybridized carbons (Fsp3) is 0.238. The van der Waals surface area contributed by atoms with Crippen LogP contribution in [0.25, 0.3) is 16.0 Å². The fourth-order valence-corrected chi connectivity index (χ4v) is 4.49. The zero-order valence-corrected chi connectivity index (χ0v) is 18.3. The lowest BCUT2D eigenvalue weighted by Gasteiger charge is -2.12. The van der Waals surface area contributed by atoms with E-state index in [4.69, 9.17) is 14.2 Å². The van der Waals surface area contributed by atoms with Crippen molar-refractivity contribution in [3.8, 4) is 27.1 Å². The molecule has 2 aromatic heterocycles. The molecule has 0 saturated carbocycles. The van der Waals surface area contributed by atoms with Gasteiger partial charge in [-0.05, 0) is 42.1 Å². The Hall–Kier alpha value is -2.84. The van der Waals surface area contributed by atoms with Gasteiger partial charge in [-0.15, -0.1) is 22.7 Å². The van der Waals surface area contributed by atoms with Gasteiger partial charge in [0.15, 0.2) is 11.5 Å². The van der Waals surface area contributed by atoms with E-state index < -0.39 is 0 Å². The number of thiophene rings is 1. The van der Waals surface area contributed by atoms with Crippen molar-refractivity contribution in [2.24, 2.45) is 0 Å². The first-order chi connectivity index (χ1) is 14.0. The Labute approximate surface area is 177 Å². The minimum absolute atomic E-state index is 0.191. The van der Waals surface area contributed by atoms with Crippen LogP contribution in [0, 0.1) is 6.92 Å². The van der Waals surface area contributed by atoms with Gasteiger partial charge in [0.2, 0.25) is 11.7 Å². The molecule has 29 heavy (non-hydrogen) atoms. The molecule has 0 fully saturated rings. The number of methoxy groups -OCH3 is 3. The van der Waals surface area contributed by atoms with Gasteiger partial charge in [0.1, 0.15) is 5.01 Å². The molecule has 152 valence electrons. The summed E-state index contributed by atoms with van der Waals surface area (Å²) in [5.74, 6) is 1.39. The third kappa shape index (κ3) is 4.96. The van der Waals surface area contributed by atoms with Crippen molar-refractivity contribution >= 4 is 34.7 Å². The SMILES string of the molecule is COc1cc(/C=C/C(=O)NCc2sc(-c3cccs3)nc2C)cc(OC)c1OC. The average molecular weight is 431 g/mol. The molecule has 1 aromatic carbocycles. The summed E-state index contributed by atoms with van der Waals surface area (Å²) in [5, 5.41) is 5.92. The van der Waals surface area contributed by atoms with Crippen molar-refractivity contribution in [1.29, 1.82) is 0 Å². The summed E-state index contributed by atoms with van der Waals surface area (Å²) >= 11 is 3.26. The molecule has 1 amide bonds. The van der Waals surface area contributed by atoms with E-state index >= 15 is 0 Å². The molecule has 0 aliphatic carbocycles. The van der Waals surface area contributed by atoms with Gasteiger partial charge in [0.25, 0.3) is 0 Å². The Kier molecular flexibility index (Phi) is 6.90. The predicted octanol–water partition coefficient (Wildman–Crippen LogP) is 4.54. The Morgan fingerprint density at radius 3 is 2.48 bits per heavy atom. The number of carbonyl (C=O) groups is 1. The number of amides is 1. The van der Waals surface area contributed by atoms with E-state index in [2.05, 4.69) is 10.3 Å². The molecule has 0 bridgehead atoms. The van der Waals surface area contributed by atoms with E-state index in [1.807, 2.05) is 24.4 Å². The molecule has 0 aliphatic rings. The van der Waals surface area contributed by atoms with Crippen LogP contribution in [0.5, 0.6) is 17.2 Å². The summed E-state index contributed by atoms with van der Waals surface area (Å²) < 4.78 is 16.0. The normalized spacial score (nSPS) is 10.9. The van der Waals surface area contributed by atoms with E-state index in [-0.39, 0.29) is 5.91 Å². The highest BCUT2D eigenvalue weighted by atomic mass is 32.1. The number of thiazole rings is 1. The summed E-state index contributed by atoms with van der Waals surface area (Å²) in [6.07, 6.45) is 3.19. The summed E-state index contributed by atoms with van der Waals surface area (Å²) in [6, 6.07) is 7.62. The van der Waals surface area contributed by atoms with Crippen molar-refractivity contribution in [3.05, 3.63) is 51.9 Å². The molecular formula is C21H22N2O4S2. The monoisotopic (exact) mass is 430 g/mol. The standard InChI is InChI=1S/C21H22N2O4S2/c1-13-18(29-21(23-13)17-6-5-9-28-17)12-22-19(24)8-7-14-10-15(25-2)20(27-4)16(11-14)26-3/h5-11H,12H2,1-4H3,(H,22,24)/b8-7+. The van der Waals surface area contributed by atoms with Crippen LogP contribution < -0.4 is 19.5 Å². The van der Waals surface area contributed by atoms with Crippen LogP contribution in [0.3, 0.4) is 0 Å². The quantitative estimate of drug-likeness (QED) is 0.532. The number of carbonyl (C=O) groups excluding carboxylic acids is 1. The average Bonchev–Trinajstić information content (AvgIpc) is 3.39. The summed E-state index contributed by atoms with van der Waals surface area (Å²) in [5.41, 5.74) is 1.70. The predicted molar refractivity (Wildman–Crippen MR) is 117 cm³/mol. The smallest absolute Gasteiger partial charge is 0.244 e. The number of nitrogens with zero attached hydrogens (tertiary/aromatic N) is 1. The van der Waals surface area contributed by atoms with Gasteiger partial charge in [-0.2, -0.15) is 0 Å². The number of hydrogen-bond acceptors (Lipinski definition) is 7. The molecule has 2 heterocycles. The lowest BCUT2D eigenvalue weighted by molar-refractivity contribution is -0.116. The molecule has 6 nitrogen and oxygen atoms in total. The Balaban J connectivity index is 1.66. The number of aromatic nitrogens is 1. The molecular weight excluding hydrogens is 408 g/mol. The van der Waals surface area contributed by atoms with Gasteiger partial charge in [-0.3, -0.25) is 4.79 Å². The van der Waals surface area contributed by atoms with Crippen LogP contribution in [0.2, 0.25) is 0 Å². The zero-order valence-electron chi connectivity index (χ0n) is 16.6. The molecule has 0 saturated heterocycles. The van der Waals surface area contributed by atoms with Crippen LogP contribution in [0.1, 0.15) is 16.1 Å². The summed E-state index contributed by atoms with van der Waals surface area (Å²) in [7, 11) is 4.66. The Morgan fingerprint density at radius 2 is 1.90 bits per heavy atom. The van der Waals surface area contributed by atoms with Crippen LogP contribution in [0.15, 0.2) is 35.7 Å². The van der Waals surface area contributed by atoms with Crippen LogP contribution in [-0.4, -0.2) is 32.2 Å². The first kappa shape index (κ1) is 20.9. The van der Waals surface area contributed by atoms with Gasteiger partial charge < -0.3 is 19.5 Å². The highest BCUT2D eigenvalue weighted by molar-refractivity contribution is 7.21. The van der Waals surface area contributed by atoms with Crippen molar-refractivity contribution in [1.82, 2.24) is 10.3 Å². The highest BCUT2D eigenvalue weighted by Gasteiger charge is 2.13. The molecule has 3 rings (SSSR count). The summed E-state index contributed by atoms with van der Waals surface area (Å²) in [4.78, 5) is 19.1. The van der Waals surface area contributed by atoms with Crippen molar-refractivity contribution in [2.45, 2.75) is 13.5 Å². The van der Waals surface area contributed by atoms with Gasteiger partial charge in [-0.25, -0.2) is 4.98 Å². The van der Waals surface area contributed by atoms with E-state index in [0.717, 1.165) is 26.0 Å². The molecule has 1 N–H and O–H groups in total. The second kappa shape index (κ2) is 9.58. The van der Waals surface area contributed by atoms with Crippen LogP contribution >= 0.6 is 22.7 Å². The maximum Gasteiger partial charge on any atom is 0.244 e. The van der Waals surface area contributed by atoms with E-state index in [1.165, 1.54) is 6.08 Å². The maximum absolute atomic E-state index is 12.3. The number of benzene rings is 1. The minimum Gasteiger partial charge on any atom is -0.493 e. The van der Waals surface area contributed by atoms with Crippen molar-refractivity contribution < 1.29 is 19.0 Å². The molecule has 0 atom stereocenters.